The summed E-state index contributed by atoms with van der Waals surface area (Å²) in [6.45, 7) is 7.88. The second-order valence-electron chi connectivity index (χ2n) is 5.09. The average molecular weight is 278 g/mol. The summed E-state index contributed by atoms with van der Waals surface area (Å²) in [5.74, 6) is -0.523. The molecule has 0 heterocycles. The van der Waals surface area contributed by atoms with Crippen molar-refractivity contribution in [2.45, 2.75) is 27.3 Å². The van der Waals surface area contributed by atoms with Crippen molar-refractivity contribution in [2.24, 2.45) is 5.92 Å². The summed E-state index contributed by atoms with van der Waals surface area (Å²) in [5, 5.41) is 11.6. The monoisotopic (exact) mass is 278 g/mol. The molecule has 0 aromatic heterocycles. The highest BCUT2D eigenvalue weighted by Crippen LogP contribution is 2.05. The van der Waals surface area contributed by atoms with E-state index < -0.39 is 5.97 Å². The molecule has 0 bridgehead atoms. The predicted octanol–water partition coefficient (Wildman–Crippen LogP) is 2.57. The number of nitrogens with zero attached hydrogens (tertiary/aromatic N) is 1. The van der Waals surface area contributed by atoms with Crippen molar-refractivity contribution in [1.82, 2.24) is 10.2 Å². The number of carboxylic acid groups (broad SMARTS) is 1. The minimum atomic E-state index is -0.949. The number of hydrogen-bond donors (Lipinski definition) is 2. The number of carbonyl (C=O) groups excluding carboxylic acids is 1. The third-order valence-electron chi connectivity index (χ3n) is 2.90. The van der Waals surface area contributed by atoms with Gasteiger partial charge in [0.15, 0.2) is 0 Å². The Hall–Kier alpha value is -2.04. The van der Waals surface area contributed by atoms with Crippen molar-refractivity contribution in [2.75, 3.05) is 13.1 Å². The van der Waals surface area contributed by atoms with E-state index in [0.29, 0.717) is 19.0 Å². The Kier molecular flexibility index (Phi) is 6.03. The molecule has 0 atom stereocenters. The quantitative estimate of drug-likeness (QED) is 0.840. The van der Waals surface area contributed by atoms with Gasteiger partial charge < -0.3 is 15.3 Å². The highest BCUT2D eigenvalue weighted by Gasteiger charge is 2.12. The van der Waals surface area contributed by atoms with Crippen molar-refractivity contribution >= 4 is 12.0 Å². The number of amides is 2. The molecule has 0 saturated heterocycles. The van der Waals surface area contributed by atoms with E-state index in [-0.39, 0.29) is 11.6 Å². The fourth-order valence-corrected chi connectivity index (χ4v) is 1.85. The smallest absolute Gasteiger partial charge is 0.335 e. The molecule has 2 amide bonds. The summed E-state index contributed by atoms with van der Waals surface area (Å²) in [4.78, 5) is 24.5. The van der Waals surface area contributed by atoms with Crippen LogP contribution < -0.4 is 5.32 Å². The van der Waals surface area contributed by atoms with Gasteiger partial charge in [-0.3, -0.25) is 0 Å². The molecule has 0 aliphatic carbocycles. The summed E-state index contributed by atoms with van der Waals surface area (Å²) in [6.07, 6.45) is 0. The molecule has 0 saturated carbocycles. The van der Waals surface area contributed by atoms with Crippen LogP contribution in [0.25, 0.3) is 0 Å². The Morgan fingerprint density at radius 1 is 1.25 bits per heavy atom. The van der Waals surface area contributed by atoms with Gasteiger partial charge in [-0.15, -0.1) is 0 Å². The van der Waals surface area contributed by atoms with E-state index in [1.54, 1.807) is 17.0 Å². The zero-order chi connectivity index (χ0) is 15.1. The molecule has 0 radical (unpaired) electrons. The lowest BCUT2D eigenvalue weighted by molar-refractivity contribution is 0.0697. The van der Waals surface area contributed by atoms with E-state index in [1.165, 1.54) is 12.1 Å². The lowest BCUT2D eigenvalue weighted by Crippen LogP contribution is -2.41. The van der Waals surface area contributed by atoms with Crippen LogP contribution in [0.3, 0.4) is 0 Å². The Morgan fingerprint density at radius 3 is 2.30 bits per heavy atom. The summed E-state index contributed by atoms with van der Waals surface area (Å²) < 4.78 is 0. The van der Waals surface area contributed by atoms with Gasteiger partial charge in [-0.25, -0.2) is 9.59 Å². The number of nitrogens with one attached hydrogen (secondary N) is 1. The Morgan fingerprint density at radius 2 is 1.85 bits per heavy atom. The highest BCUT2D eigenvalue weighted by atomic mass is 16.4. The van der Waals surface area contributed by atoms with Gasteiger partial charge in [0.1, 0.15) is 0 Å². The molecule has 5 heteroatoms. The number of carbonyl (C=O) groups is 2. The van der Waals surface area contributed by atoms with Gasteiger partial charge in [-0.1, -0.05) is 26.0 Å². The average Bonchev–Trinajstić information content (AvgIpc) is 2.42. The number of benzene rings is 1. The molecule has 0 aliphatic heterocycles. The zero-order valence-electron chi connectivity index (χ0n) is 12.2. The van der Waals surface area contributed by atoms with Crippen LogP contribution in [0, 0.1) is 5.92 Å². The molecule has 0 fully saturated rings. The van der Waals surface area contributed by atoms with E-state index in [4.69, 9.17) is 5.11 Å². The first-order valence-electron chi connectivity index (χ1n) is 6.79. The van der Waals surface area contributed by atoms with Crippen LogP contribution in [0.1, 0.15) is 36.7 Å². The fourth-order valence-electron chi connectivity index (χ4n) is 1.85. The molecular weight excluding hydrogens is 256 g/mol. The highest BCUT2D eigenvalue weighted by molar-refractivity contribution is 5.87. The SMILES string of the molecule is CCN(CC(C)C)C(=O)NCc1ccc(C(=O)O)cc1. The van der Waals surface area contributed by atoms with E-state index >= 15 is 0 Å². The molecule has 1 aromatic rings. The molecule has 1 aromatic carbocycles. The summed E-state index contributed by atoms with van der Waals surface area (Å²) in [6, 6.07) is 6.40. The van der Waals surface area contributed by atoms with Crippen molar-refractivity contribution in [1.29, 1.82) is 0 Å². The van der Waals surface area contributed by atoms with Gasteiger partial charge in [0, 0.05) is 19.6 Å². The third-order valence-corrected chi connectivity index (χ3v) is 2.90. The van der Waals surface area contributed by atoms with Crippen molar-refractivity contribution < 1.29 is 14.7 Å². The molecular formula is C15H22N2O3. The fraction of sp³-hybridized carbons (Fsp3) is 0.467. The van der Waals surface area contributed by atoms with Crippen molar-refractivity contribution in [3.63, 3.8) is 0 Å². The Balaban J connectivity index is 2.53. The maximum Gasteiger partial charge on any atom is 0.335 e. The van der Waals surface area contributed by atoms with Crippen LogP contribution in [0.2, 0.25) is 0 Å². The van der Waals surface area contributed by atoms with E-state index in [1.807, 2.05) is 6.92 Å². The van der Waals surface area contributed by atoms with Crippen LogP contribution in [-0.4, -0.2) is 35.1 Å². The second-order valence-corrected chi connectivity index (χ2v) is 5.09. The number of carboxylic acids is 1. The van der Waals surface area contributed by atoms with Gasteiger partial charge in [0.25, 0.3) is 0 Å². The van der Waals surface area contributed by atoms with Crippen LogP contribution >= 0.6 is 0 Å². The first kappa shape index (κ1) is 16.0. The lowest BCUT2D eigenvalue weighted by Gasteiger charge is -2.23. The summed E-state index contributed by atoms with van der Waals surface area (Å²) >= 11 is 0. The molecule has 0 spiro atoms. The molecule has 20 heavy (non-hydrogen) atoms. The van der Waals surface area contributed by atoms with E-state index in [0.717, 1.165) is 12.1 Å². The number of aromatic carboxylic acids is 1. The maximum atomic E-state index is 12.0. The van der Waals surface area contributed by atoms with Gasteiger partial charge in [-0.2, -0.15) is 0 Å². The number of rotatable bonds is 6. The van der Waals surface area contributed by atoms with Gasteiger partial charge in [0.05, 0.1) is 5.56 Å². The largest absolute Gasteiger partial charge is 0.478 e. The van der Waals surface area contributed by atoms with Gasteiger partial charge in [-0.05, 0) is 30.5 Å². The summed E-state index contributed by atoms with van der Waals surface area (Å²) in [7, 11) is 0. The summed E-state index contributed by atoms with van der Waals surface area (Å²) in [5.41, 5.74) is 1.12. The number of hydrogen-bond acceptors (Lipinski definition) is 2. The van der Waals surface area contributed by atoms with Gasteiger partial charge >= 0.3 is 12.0 Å². The normalized spacial score (nSPS) is 10.4. The van der Waals surface area contributed by atoms with Crippen LogP contribution in [-0.2, 0) is 6.54 Å². The van der Waals surface area contributed by atoms with E-state index in [9.17, 15) is 9.59 Å². The van der Waals surface area contributed by atoms with Gasteiger partial charge in [0.2, 0.25) is 0 Å². The molecule has 0 aliphatic rings. The Bertz CT molecular complexity index is 455. The van der Waals surface area contributed by atoms with Crippen LogP contribution in [0.15, 0.2) is 24.3 Å². The molecule has 2 N–H and O–H groups in total. The lowest BCUT2D eigenvalue weighted by atomic mass is 10.1. The molecule has 5 nitrogen and oxygen atoms in total. The zero-order valence-corrected chi connectivity index (χ0v) is 12.2. The van der Waals surface area contributed by atoms with Crippen LogP contribution in [0.4, 0.5) is 4.79 Å². The first-order valence-corrected chi connectivity index (χ1v) is 6.79. The molecule has 1 rings (SSSR count). The Labute approximate surface area is 119 Å². The van der Waals surface area contributed by atoms with Crippen molar-refractivity contribution in [3.05, 3.63) is 35.4 Å². The van der Waals surface area contributed by atoms with E-state index in [2.05, 4.69) is 19.2 Å². The van der Waals surface area contributed by atoms with Crippen LogP contribution in [0.5, 0.6) is 0 Å². The topological polar surface area (TPSA) is 69.6 Å². The molecule has 110 valence electrons. The maximum absolute atomic E-state index is 12.0. The second kappa shape index (κ2) is 7.53. The third kappa shape index (κ3) is 4.91. The predicted molar refractivity (Wildman–Crippen MR) is 77.7 cm³/mol. The molecule has 0 unspecified atom stereocenters. The standard InChI is InChI=1S/C15H22N2O3/c1-4-17(10-11(2)3)15(20)16-9-12-5-7-13(8-6-12)14(18)19/h5-8,11H,4,9-10H2,1-3H3,(H,16,20)(H,18,19). The number of urea groups is 1. The van der Waals surface area contributed by atoms with Crippen molar-refractivity contribution in [3.8, 4) is 0 Å². The minimum absolute atomic E-state index is 0.0940. The minimum Gasteiger partial charge on any atom is -0.478 e. The first-order chi connectivity index (χ1) is 9.43.